The van der Waals surface area contributed by atoms with Gasteiger partial charge in [-0.2, -0.15) is 0 Å². The molecule has 3 heterocycles. The van der Waals surface area contributed by atoms with Crippen LogP contribution >= 0.6 is 0 Å². The molecule has 2 aromatic heterocycles. The third kappa shape index (κ3) is 3.51. The molecule has 1 saturated heterocycles. The molecule has 1 fully saturated rings. The van der Waals surface area contributed by atoms with Crippen LogP contribution in [0.25, 0.3) is 0 Å². The smallest absolute Gasteiger partial charge is 0.349 e. The van der Waals surface area contributed by atoms with Crippen molar-refractivity contribution in [1.29, 1.82) is 0 Å². The third-order valence-corrected chi connectivity index (χ3v) is 4.06. The number of nitrogens with one attached hydrogen (secondary N) is 2. The maximum absolute atomic E-state index is 13.1. The number of rotatable bonds is 3. The Hall–Kier alpha value is -2.54. The molecule has 1 amide bonds. The molecule has 1 unspecified atom stereocenters. The number of carbonyl (C=O) groups is 1. The number of nitrogens with zero attached hydrogens (tertiary/aromatic N) is 1. The van der Waals surface area contributed by atoms with E-state index in [4.69, 9.17) is 4.42 Å². The van der Waals surface area contributed by atoms with E-state index in [1.807, 2.05) is 0 Å². The van der Waals surface area contributed by atoms with Gasteiger partial charge in [0, 0.05) is 18.5 Å². The molecule has 1 aliphatic rings. The Labute approximate surface area is 138 Å². The molecular formula is C17H18FN3O3. The second-order valence-electron chi connectivity index (χ2n) is 5.88. The van der Waals surface area contributed by atoms with Gasteiger partial charge in [-0.1, -0.05) is 0 Å². The van der Waals surface area contributed by atoms with Crippen LogP contribution < -0.4 is 16.3 Å². The first-order valence-electron chi connectivity index (χ1n) is 7.82. The van der Waals surface area contributed by atoms with Gasteiger partial charge in [-0.05, 0) is 37.9 Å². The average Bonchev–Trinajstić information content (AvgIpc) is 2.55. The van der Waals surface area contributed by atoms with Crippen LogP contribution in [0.1, 0.15) is 40.4 Å². The lowest BCUT2D eigenvalue weighted by Gasteiger charge is -2.22. The average molecular weight is 331 g/mol. The van der Waals surface area contributed by atoms with Crippen LogP contribution in [0.3, 0.4) is 0 Å². The third-order valence-electron chi connectivity index (χ3n) is 4.06. The van der Waals surface area contributed by atoms with Gasteiger partial charge in [-0.25, -0.2) is 9.18 Å². The van der Waals surface area contributed by atoms with E-state index in [9.17, 15) is 14.0 Å². The van der Waals surface area contributed by atoms with Crippen molar-refractivity contribution in [2.75, 3.05) is 18.4 Å². The van der Waals surface area contributed by atoms with Crippen molar-refractivity contribution in [2.24, 2.45) is 0 Å². The zero-order valence-electron chi connectivity index (χ0n) is 13.3. The molecule has 2 N–H and O–H groups in total. The molecule has 3 rings (SSSR count). The summed E-state index contributed by atoms with van der Waals surface area (Å²) in [7, 11) is 0. The summed E-state index contributed by atoms with van der Waals surface area (Å²) in [5, 5.41) is 5.73. The van der Waals surface area contributed by atoms with Crippen molar-refractivity contribution in [1.82, 2.24) is 10.3 Å². The molecule has 0 radical (unpaired) electrons. The highest BCUT2D eigenvalue weighted by Gasteiger charge is 2.22. The number of pyridine rings is 1. The molecule has 0 aromatic carbocycles. The van der Waals surface area contributed by atoms with E-state index in [1.165, 1.54) is 6.20 Å². The van der Waals surface area contributed by atoms with Gasteiger partial charge in [-0.15, -0.1) is 0 Å². The molecule has 1 aliphatic heterocycles. The van der Waals surface area contributed by atoms with Gasteiger partial charge in [0.25, 0.3) is 5.91 Å². The van der Waals surface area contributed by atoms with Crippen molar-refractivity contribution in [3.05, 3.63) is 57.7 Å². The highest BCUT2D eigenvalue weighted by molar-refractivity contribution is 6.04. The maximum atomic E-state index is 13.1. The summed E-state index contributed by atoms with van der Waals surface area (Å²) in [6.45, 7) is 3.40. The van der Waals surface area contributed by atoms with E-state index in [1.54, 1.807) is 13.0 Å². The molecule has 0 bridgehead atoms. The van der Waals surface area contributed by atoms with Gasteiger partial charge in [0.05, 0.1) is 18.1 Å². The van der Waals surface area contributed by atoms with Gasteiger partial charge in [0.2, 0.25) is 0 Å². The minimum Gasteiger partial charge on any atom is -0.427 e. The lowest BCUT2D eigenvalue weighted by molar-refractivity contribution is 0.102. The minimum atomic E-state index is -0.683. The van der Waals surface area contributed by atoms with Crippen LogP contribution in [-0.2, 0) is 0 Å². The Bertz CT molecular complexity index is 813. The molecule has 2 aromatic rings. The highest BCUT2D eigenvalue weighted by Crippen LogP contribution is 2.23. The number of halogens is 1. The predicted molar refractivity (Wildman–Crippen MR) is 86.7 cm³/mol. The Balaban J connectivity index is 1.85. The predicted octanol–water partition coefficient (Wildman–Crippen LogP) is 2.20. The first kappa shape index (κ1) is 16.3. The van der Waals surface area contributed by atoms with Crippen LogP contribution in [0.15, 0.2) is 33.7 Å². The molecule has 0 spiro atoms. The lowest BCUT2D eigenvalue weighted by Crippen LogP contribution is -2.30. The van der Waals surface area contributed by atoms with Gasteiger partial charge in [0.15, 0.2) is 0 Å². The molecule has 0 saturated carbocycles. The second kappa shape index (κ2) is 6.92. The van der Waals surface area contributed by atoms with Crippen molar-refractivity contribution >= 4 is 11.6 Å². The Kier molecular flexibility index (Phi) is 4.71. The zero-order chi connectivity index (χ0) is 17.1. The number of piperidine rings is 1. The molecule has 7 heteroatoms. The number of aromatic nitrogens is 1. The highest BCUT2D eigenvalue weighted by atomic mass is 19.1. The maximum Gasteiger partial charge on any atom is 0.349 e. The normalized spacial score (nSPS) is 17.5. The van der Waals surface area contributed by atoms with E-state index in [0.717, 1.165) is 38.2 Å². The van der Waals surface area contributed by atoms with Crippen molar-refractivity contribution in [3.8, 4) is 0 Å². The quantitative estimate of drug-likeness (QED) is 0.901. The summed E-state index contributed by atoms with van der Waals surface area (Å²) >= 11 is 0. The van der Waals surface area contributed by atoms with Crippen LogP contribution in [0.5, 0.6) is 0 Å². The summed E-state index contributed by atoms with van der Waals surface area (Å²) < 4.78 is 18.5. The van der Waals surface area contributed by atoms with E-state index in [2.05, 4.69) is 15.6 Å². The number of carbonyl (C=O) groups excluding carboxylic acids is 1. The molecule has 6 nitrogen and oxygen atoms in total. The summed E-state index contributed by atoms with van der Waals surface area (Å²) in [6, 6.07) is 2.86. The molecular weight excluding hydrogens is 313 g/mol. The number of amides is 1. The molecule has 1 atom stereocenters. The number of hydrogen-bond donors (Lipinski definition) is 2. The van der Waals surface area contributed by atoms with E-state index >= 15 is 0 Å². The minimum absolute atomic E-state index is 0.0771. The summed E-state index contributed by atoms with van der Waals surface area (Å²) in [5.41, 5.74) is -0.0442. The zero-order valence-corrected chi connectivity index (χ0v) is 13.3. The van der Waals surface area contributed by atoms with Crippen molar-refractivity contribution in [2.45, 2.75) is 25.7 Å². The Morgan fingerprint density at radius 2 is 2.25 bits per heavy atom. The Morgan fingerprint density at radius 3 is 2.92 bits per heavy atom. The van der Waals surface area contributed by atoms with Crippen LogP contribution in [0, 0.1) is 12.7 Å². The lowest BCUT2D eigenvalue weighted by atomic mass is 9.95. The van der Waals surface area contributed by atoms with Crippen LogP contribution in [0.4, 0.5) is 10.1 Å². The fourth-order valence-corrected chi connectivity index (χ4v) is 2.88. The van der Waals surface area contributed by atoms with E-state index < -0.39 is 17.3 Å². The van der Waals surface area contributed by atoms with Gasteiger partial charge < -0.3 is 15.1 Å². The summed E-state index contributed by atoms with van der Waals surface area (Å²) in [4.78, 5) is 28.2. The molecule has 126 valence electrons. The first-order chi connectivity index (χ1) is 11.5. The largest absolute Gasteiger partial charge is 0.427 e. The summed E-state index contributed by atoms with van der Waals surface area (Å²) in [6.07, 6.45) is 4.29. The van der Waals surface area contributed by atoms with Gasteiger partial charge in [0.1, 0.15) is 17.1 Å². The number of anilines is 1. The van der Waals surface area contributed by atoms with Crippen molar-refractivity contribution < 1.29 is 13.6 Å². The summed E-state index contributed by atoms with van der Waals surface area (Å²) in [5.74, 6) is -0.484. The fraction of sp³-hybridized carbons (Fsp3) is 0.353. The second-order valence-corrected chi connectivity index (χ2v) is 5.88. The number of aryl methyl sites for hydroxylation is 1. The van der Waals surface area contributed by atoms with E-state index in [0.29, 0.717) is 11.3 Å². The van der Waals surface area contributed by atoms with Crippen LogP contribution in [0.2, 0.25) is 0 Å². The monoisotopic (exact) mass is 331 g/mol. The first-order valence-corrected chi connectivity index (χ1v) is 7.82. The van der Waals surface area contributed by atoms with Crippen molar-refractivity contribution in [3.63, 3.8) is 0 Å². The van der Waals surface area contributed by atoms with Crippen LogP contribution in [-0.4, -0.2) is 24.0 Å². The van der Waals surface area contributed by atoms with Gasteiger partial charge in [-0.3, -0.25) is 9.78 Å². The van der Waals surface area contributed by atoms with E-state index in [-0.39, 0.29) is 17.2 Å². The molecule has 0 aliphatic carbocycles. The SMILES string of the molecule is Cc1cc(C2CCCNC2)oc(=O)c1C(=O)Nc1cncc(F)c1. The molecule has 24 heavy (non-hydrogen) atoms. The number of hydrogen-bond acceptors (Lipinski definition) is 5. The van der Waals surface area contributed by atoms with Gasteiger partial charge >= 0.3 is 5.63 Å². The standard InChI is InChI=1S/C17H18FN3O3/c1-10-5-14(11-3-2-4-19-7-11)24-17(23)15(10)16(22)21-13-6-12(18)8-20-9-13/h5-6,8-9,11,19H,2-4,7H2,1H3,(H,21,22). The fourth-order valence-electron chi connectivity index (χ4n) is 2.88. The Morgan fingerprint density at radius 1 is 1.42 bits per heavy atom. The topological polar surface area (TPSA) is 84.2 Å².